The summed E-state index contributed by atoms with van der Waals surface area (Å²) < 4.78 is 35.4. The molecular formula is C32H48N2O12. The lowest BCUT2D eigenvalue weighted by atomic mass is 9.93. The van der Waals surface area contributed by atoms with Crippen LogP contribution in [0.3, 0.4) is 0 Å². The van der Waals surface area contributed by atoms with Gasteiger partial charge in [-0.2, -0.15) is 0 Å². The van der Waals surface area contributed by atoms with Crippen molar-refractivity contribution in [3.63, 3.8) is 0 Å². The number of anilines is 1. The van der Waals surface area contributed by atoms with Crippen molar-refractivity contribution in [2.75, 3.05) is 12.3 Å². The molecule has 5 atom stereocenters. The number of ether oxygens (including phenoxy) is 6. The summed E-state index contributed by atoms with van der Waals surface area (Å²) in [5, 5.41) is 11.6. The van der Waals surface area contributed by atoms with E-state index in [1.165, 1.54) is 18.2 Å². The fourth-order valence-corrected chi connectivity index (χ4v) is 3.70. The molecule has 1 heterocycles. The highest BCUT2D eigenvalue weighted by Crippen LogP contribution is 2.38. The lowest BCUT2D eigenvalue weighted by Crippen LogP contribution is -2.65. The molecule has 0 spiro atoms. The average Bonchev–Trinajstić information content (AvgIpc) is 2.88. The van der Waals surface area contributed by atoms with E-state index in [0.29, 0.717) is 0 Å². The fraction of sp³-hybridized carbons (Fsp3) is 0.688. The molecule has 2 N–H and O–H groups in total. The Hall–Kier alpha value is -3.94. The van der Waals surface area contributed by atoms with E-state index in [-0.39, 0.29) is 11.4 Å². The van der Waals surface area contributed by atoms with Crippen molar-refractivity contribution >= 4 is 35.3 Å². The molecule has 0 saturated carbocycles. The highest BCUT2D eigenvalue weighted by Gasteiger charge is 2.55. The Morgan fingerprint density at radius 3 is 1.61 bits per heavy atom. The van der Waals surface area contributed by atoms with E-state index >= 15 is 0 Å². The molecular weight excluding hydrogens is 604 g/mol. The van der Waals surface area contributed by atoms with Crippen LogP contribution in [0.1, 0.15) is 83.1 Å². The predicted octanol–water partition coefficient (Wildman–Crippen LogP) is 4.74. The second kappa shape index (κ2) is 13.8. The minimum Gasteiger partial charge on any atom is -0.462 e. The van der Waals surface area contributed by atoms with E-state index in [1.54, 1.807) is 83.1 Å². The number of nitrogen functional groups attached to an aromatic ring is 1. The summed E-state index contributed by atoms with van der Waals surface area (Å²) in [5.41, 5.74) is 1.17. The van der Waals surface area contributed by atoms with Crippen molar-refractivity contribution in [3.05, 3.63) is 28.3 Å². The molecule has 0 aliphatic carbocycles. The maximum Gasteiger partial charge on any atom is 0.311 e. The summed E-state index contributed by atoms with van der Waals surface area (Å²) in [6, 6.07) is 3.84. The van der Waals surface area contributed by atoms with Crippen molar-refractivity contribution in [1.82, 2.24) is 0 Å². The first-order valence-corrected chi connectivity index (χ1v) is 14.9. The average molecular weight is 653 g/mol. The van der Waals surface area contributed by atoms with E-state index < -0.39 is 93.5 Å². The number of carbonyl (C=O) groups excluding carboxylic acids is 4. The Labute approximate surface area is 269 Å². The predicted molar refractivity (Wildman–Crippen MR) is 165 cm³/mol. The van der Waals surface area contributed by atoms with Gasteiger partial charge in [0.05, 0.1) is 26.6 Å². The zero-order valence-electron chi connectivity index (χ0n) is 28.7. The number of esters is 4. The summed E-state index contributed by atoms with van der Waals surface area (Å²) in [6.07, 6.45) is -7.59. The summed E-state index contributed by atoms with van der Waals surface area (Å²) in [4.78, 5) is 63.6. The van der Waals surface area contributed by atoms with Gasteiger partial charge in [-0.25, -0.2) is 0 Å². The van der Waals surface area contributed by atoms with Gasteiger partial charge in [0.15, 0.2) is 23.6 Å². The van der Waals surface area contributed by atoms with Crippen molar-refractivity contribution in [1.29, 1.82) is 0 Å². The van der Waals surface area contributed by atoms with Crippen LogP contribution in [0.25, 0.3) is 0 Å². The quantitative estimate of drug-likeness (QED) is 0.133. The van der Waals surface area contributed by atoms with E-state index in [1.807, 2.05) is 0 Å². The van der Waals surface area contributed by atoms with Crippen LogP contribution in [0.5, 0.6) is 5.75 Å². The van der Waals surface area contributed by atoms with E-state index in [4.69, 9.17) is 34.2 Å². The minimum atomic E-state index is -1.64. The van der Waals surface area contributed by atoms with Gasteiger partial charge >= 0.3 is 23.9 Å². The molecule has 0 unspecified atom stereocenters. The SMILES string of the molecule is CC(C)(C)C(=O)OC[C@H]1O[C@H](Oc2cccc([N+](=O)[O-])c2N)[C@H](OC(=O)C(C)(C)C)[C@@H](OC(=O)C(C)(C)C)[C@@H]1OC(=O)C(C)(C)C. The molecule has 2 rings (SSSR count). The van der Waals surface area contributed by atoms with Crippen molar-refractivity contribution in [3.8, 4) is 5.75 Å². The van der Waals surface area contributed by atoms with Crippen LogP contribution in [0, 0.1) is 31.8 Å². The third-order valence-corrected chi connectivity index (χ3v) is 6.63. The molecule has 1 saturated heterocycles. The normalized spacial score (nSPS) is 22.3. The molecule has 1 aromatic rings. The van der Waals surface area contributed by atoms with Gasteiger partial charge < -0.3 is 34.2 Å². The molecule has 1 aromatic carbocycles. The van der Waals surface area contributed by atoms with Crippen molar-refractivity contribution < 1.29 is 52.5 Å². The molecule has 0 aromatic heterocycles. The zero-order valence-corrected chi connectivity index (χ0v) is 28.7. The number of nitrogens with zero attached hydrogens (tertiary/aromatic N) is 1. The first-order valence-electron chi connectivity index (χ1n) is 14.9. The molecule has 46 heavy (non-hydrogen) atoms. The topological polar surface area (TPSA) is 193 Å². The standard InChI is InChI=1S/C32H48N2O12/c1-29(2,3)25(35)41-16-19-21(44-26(36)30(4,5)6)22(45-27(37)31(7,8)9)23(46-28(38)32(10,11)12)24(43-19)42-18-15-13-14-17(20(18)33)34(39)40/h13-15,19,21-24H,16,33H2,1-12H3/t19-,21-,22+,23-,24+/m1/s1. The highest BCUT2D eigenvalue weighted by atomic mass is 16.7. The van der Waals surface area contributed by atoms with E-state index in [0.717, 1.165) is 0 Å². The Kier molecular flexibility index (Phi) is 11.5. The van der Waals surface area contributed by atoms with Crippen LogP contribution in [0.15, 0.2) is 18.2 Å². The van der Waals surface area contributed by atoms with Crippen molar-refractivity contribution in [2.45, 2.75) is 114 Å². The minimum absolute atomic E-state index is 0.201. The Bertz CT molecular complexity index is 1310. The second-order valence-corrected chi connectivity index (χ2v) is 15.3. The number of para-hydroxylation sites is 1. The molecule has 1 aliphatic heterocycles. The van der Waals surface area contributed by atoms with Gasteiger partial charge in [0.25, 0.3) is 5.69 Å². The van der Waals surface area contributed by atoms with Crippen molar-refractivity contribution in [2.24, 2.45) is 21.7 Å². The van der Waals surface area contributed by atoms with E-state index in [2.05, 4.69) is 0 Å². The molecule has 14 heteroatoms. The van der Waals surface area contributed by atoms with Crippen LogP contribution < -0.4 is 10.5 Å². The van der Waals surface area contributed by atoms with Crippen LogP contribution in [0.2, 0.25) is 0 Å². The highest BCUT2D eigenvalue weighted by molar-refractivity contribution is 5.78. The maximum atomic E-state index is 13.4. The lowest BCUT2D eigenvalue weighted by Gasteiger charge is -2.45. The lowest BCUT2D eigenvalue weighted by molar-refractivity contribution is -0.384. The summed E-state index contributed by atoms with van der Waals surface area (Å²) in [6.45, 7) is 18.8. The molecule has 0 bridgehead atoms. The van der Waals surface area contributed by atoms with Gasteiger partial charge in [-0.3, -0.25) is 29.3 Å². The third-order valence-electron chi connectivity index (χ3n) is 6.63. The molecule has 14 nitrogen and oxygen atoms in total. The third kappa shape index (κ3) is 9.78. The molecule has 1 fully saturated rings. The van der Waals surface area contributed by atoms with Gasteiger partial charge in [-0.1, -0.05) is 6.07 Å². The first kappa shape index (κ1) is 38.2. The summed E-state index contributed by atoms with van der Waals surface area (Å²) in [5.74, 6) is -3.02. The van der Waals surface area contributed by atoms with Crippen LogP contribution >= 0.6 is 0 Å². The summed E-state index contributed by atoms with van der Waals surface area (Å²) >= 11 is 0. The number of nitro benzene ring substituents is 1. The number of benzene rings is 1. The number of rotatable bonds is 8. The number of hydrogen-bond acceptors (Lipinski definition) is 13. The largest absolute Gasteiger partial charge is 0.462 e. The van der Waals surface area contributed by atoms with E-state index in [9.17, 15) is 29.3 Å². The summed E-state index contributed by atoms with van der Waals surface area (Å²) in [7, 11) is 0. The molecule has 1 aliphatic rings. The fourth-order valence-electron chi connectivity index (χ4n) is 3.70. The molecule has 258 valence electrons. The van der Waals surface area contributed by atoms with Gasteiger partial charge in [0.2, 0.25) is 12.4 Å². The van der Waals surface area contributed by atoms with Gasteiger partial charge in [-0.15, -0.1) is 0 Å². The van der Waals surface area contributed by atoms with Gasteiger partial charge in [0, 0.05) is 6.07 Å². The van der Waals surface area contributed by atoms with Gasteiger partial charge in [0.1, 0.15) is 12.7 Å². The monoisotopic (exact) mass is 652 g/mol. The smallest absolute Gasteiger partial charge is 0.311 e. The number of nitro groups is 1. The Morgan fingerprint density at radius 2 is 1.17 bits per heavy atom. The number of hydrogen-bond donors (Lipinski definition) is 1. The number of carbonyl (C=O) groups is 4. The molecule has 0 amide bonds. The first-order chi connectivity index (χ1) is 20.7. The Balaban J connectivity index is 2.79. The zero-order chi connectivity index (χ0) is 35.6. The van der Waals surface area contributed by atoms with Gasteiger partial charge in [-0.05, 0) is 89.2 Å². The van der Waals surface area contributed by atoms with Crippen LogP contribution in [-0.2, 0) is 42.9 Å². The number of nitrogens with two attached hydrogens (primary N) is 1. The van der Waals surface area contributed by atoms with Crippen LogP contribution in [0.4, 0.5) is 11.4 Å². The Morgan fingerprint density at radius 1 is 0.739 bits per heavy atom. The second-order valence-electron chi connectivity index (χ2n) is 15.3. The van der Waals surface area contributed by atoms with Crippen LogP contribution in [-0.4, -0.2) is 66.1 Å². The molecule has 0 radical (unpaired) electrons. The maximum absolute atomic E-state index is 13.4.